The topological polar surface area (TPSA) is 38.5 Å². The van der Waals surface area contributed by atoms with Crippen molar-refractivity contribution in [2.75, 3.05) is 19.6 Å². The Morgan fingerprint density at radius 2 is 2.05 bits per heavy atom. The van der Waals surface area contributed by atoms with E-state index in [1.165, 1.54) is 6.07 Å². The van der Waals surface area contributed by atoms with E-state index < -0.39 is 0 Å². The highest BCUT2D eigenvalue weighted by atomic mass is 35.5. The van der Waals surface area contributed by atoms with Gasteiger partial charge in [0.25, 0.3) is 0 Å². The average molecular weight is 287 g/mol. The molecule has 3 nitrogen and oxygen atoms in total. The molecule has 106 valence electrons. The van der Waals surface area contributed by atoms with Gasteiger partial charge in [-0.25, -0.2) is 4.39 Å². The monoisotopic (exact) mass is 286 g/mol. The number of halogens is 2. The number of nitrogens with two attached hydrogens (primary N) is 1. The highest BCUT2D eigenvalue weighted by molar-refractivity contribution is 6.30. The Kier molecular flexibility index (Phi) is 4.79. The molecule has 1 saturated heterocycles. The second-order valence-electron chi connectivity index (χ2n) is 5.13. The van der Waals surface area contributed by atoms with Crippen molar-refractivity contribution in [2.45, 2.75) is 32.1 Å². The second-order valence-corrected chi connectivity index (χ2v) is 5.56. The number of hydrogen-bond acceptors (Lipinski definition) is 3. The Hall–Kier alpha value is -0.680. The second kappa shape index (κ2) is 6.18. The lowest BCUT2D eigenvalue weighted by molar-refractivity contribution is -0.0802. The number of benzene rings is 1. The van der Waals surface area contributed by atoms with Gasteiger partial charge in [0.2, 0.25) is 0 Å². The molecule has 0 spiro atoms. The van der Waals surface area contributed by atoms with Gasteiger partial charge in [-0.1, -0.05) is 11.6 Å². The summed E-state index contributed by atoms with van der Waals surface area (Å²) in [6.45, 7) is 5.89. The van der Waals surface area contributed by atoms with E-state index in [1.807, 2.05) is 13.8 Å². The smallest absolute Gasteiger partial charge is 0.128 e. The highest BCUT2D eigenvalue weighted by Crippen LogP contribution is 2.28. The highest BCUT2D eigenvalue weighted by Gasteiger charge is 2.29. The van der Waals surface area contributed by atoms with Crippen LogP contribution in [0.1, 0.15) is 25.5 Å². The molecule has 1 aromatic carbocycles. The van der Waals surface area contributed by atoms with Crippen LogP contribution in [0, 0.1) is 5.82 Å². The quantitative estimate of drug-likeness (QED) is 0.928. The van der Waals surface area contributed by atoms with Gasteiger partial charge in [0.1, 0.15) is 5.82 Å². The molecule has 0 saturated carbocycles. The molecular formula is C14H20ClFN2O. The Morgan fingerprint density at radius 3 is 2.63 bits per heavy atom. The van der Waals surface area contributed by atoms with E-state index in [-0.39, 0.29) is 24.1 Å². The van der Waals surface area contributed by atoms with E-state index in [0.717, 1.165) is 13.1 Å². The molecular weight excluding hydrogens is 267 g/mol. The van der Waals surface area contributed by atoms with Gasteiger partial charge in [-0.05, 0) is 32.0 Å². The van der Waals surface area contributed by atoms with Gasteiger partial charge in [0.15, 0.2) is 0 Å². The fourth-order valence-electron chi connectivity index (χ4n) is 2.71. The van der Waals surface area contributed by atoms with Crippen molar-refractivity contribution in [3.63, 3.8) is 0 Å². The molecule has 2 N–H and O–H groups in total. The van der Waals surface area contributed by atoms with Crippen molar-refractivity contribution in [3.8, 4) is 0 Å². The SMILES string of the molecule is C[C@@H]1CN(C(CN)c2cc(Cl)ccc2F)C[C@H](C)O1. The van der Waals surface area contributed by atoms with E-state index in [2.05, 4.69) is 4.90 Å². The predicted octanol–water partition coefficient (Wildman–Crippen LogP) is 2.59. The van der Waals surface area contributed by atoms with E-state index in [1.54, 1.807) is 12.1 Å². The van der Waals surface area contributed by atoms with E-state index in [0.29, 0.717) is 17.1 Å². The molecule has 2 rings (SSSR count). The van der Waals surface area contributed by atoms with Crippen LogP contribution in [0.3, 0.4) is 0 Å². The summed E-state index contributed by atoms with van der Waals surface area (Å²) in [5, 5.41) is 0.532. The lowest BCUT2D eigenvalue weighted by atomic mass is 10.0. The fraction of sp³-hybridized carbons (Fsp3) is 0.571. The van der Waals surface area contributed by atoms with Crippen LogP contribution >= 0.6 is 11.6 Å². The molecule has 1 heterocycles. The van der Waals surface area contributed by atoms with Crippen molar-refractivity contribution in [1.29, 1.82) is 0 Å². The molecule has 0 radical (unpaired) electrons. The number of ether oxygens (including phenoxy) is 1. The minimum absolute atomic E-state index is 0.125. The van der Waals surface area contributed by atoms with Gasteiger partial charge in [0, 0.05) is 30.2 Å². The molecule has 0 bridgehead atoms. The zero-order chi connectivity index (χ0) is 14.0. The molecule has 3 atom stereocenters. The minimum atomic E-state index is -0.258. The largest absolute Gasteiger partial charge is 0.373 e. The maximum absolute atomic E-state index is 14.0. The van der Waals surface area contributed by atoms with Crippen molar-refractivity contribution in [3.05, 3.63) is 34.6 Å². The molecule has 1 aliphatic rings. The first-order valence-electron chi connectivity index (χ1n) is 6.55. The van der Waals surface area contributed by atoms with Crippen LogP contribution in [0.4, 0.5) is 4.39 Å². The third-order valence-corrected chi connectivity index (χ3v) is 3.66. The standard InChI is InChI=1S/C14H20ClFN2O/c1-9-7-18(8-10(2)19-9)14(6-17)12-5-11(15)3-4-13(12)16/h3-5,9-10,14H,6-8,17H2,1-2H3/t9-,10+,14?. The Labute approximate surface area is 118 Å². The average Bonchev–Trinajstić information content (AvgIpc) is 2.33. The lowest BCUT2D eigenvalue weighted by Gasteiger charge is -2.40. The fourth-order valence-corrected chi connectivity index (χ4v) is 2.90. The van der Waals surface area contributed by atoms with Crippen LogP contribution < -0.4 is 5.73 Å². The summed E-state index contributed by atoms with van der Waals surface area (Å²) < 4.78 is 19.7. The first-order chi connectivity index (χ1) is 9.01. The molecule has 0 amide bonds. The normalized spacial score (nSPS) is 26.4. The zero-order valence-corrected chi connectivity index (χ0v) is 12.0. The zero-order valence-electron chi connectivity index (χ0n) is 11.3. The van der Waals surface area contributed by atoms with E-state index >= 15 is 0 Å². The molecule has 1 aliphatic heterocycles. The summed E-state index contributed by atoms with van der Waals surface area (Å²) in [4.78, 5) is 2.17. The van der Waals surface area contributed by atoms with E-state index in [9.17, 15) is 4.39 Å². The van der Waals surface area contributed by atoms with Gasteiger partial charge < -0.3 is 10.5 Å². The third kappa shape index (κ3) is 3.45. The molecule has 19 heavy (non-hydrogen) atoms. The summed E-state index contributed by atoms with van der Waals surface area (Å²) in [5.74, 6) is -0.258. The summed E-state index contributed by atoms with van der Waals surface area (Å²) in [6.07, 6.45) is 0.250. The number of rotatable bonds is 3. The molecule has 1 unspecified atom stereocenters. The number of nitrogens with zero attached hydrogens (tertiary/aromatic N) is 1. The summed E-state index contributed by atoms with van der Waals surface area (Å²) >= 11 is 5.96. The van der Waals surface area contributed by atoms with Crippen LogP contribution in [0.15, 0.2) is 18.2 Å². The lowest BCUT2D eigenvalue weighted by Crippen LogP contribution is -2.48. The number of hydrogen-bond donors (Lipinski definition) is 1. The van der Waals surface area contributed by atoms with E-state index in [4.69, 9.17) is 22.1 Å². The Morgan fingerprint density at radius 1 is 1.42 bits per heavy atom. The van der Waals surface area contributed by atoms with Crippen molar-refractivity contribution < 1.29 is 9.13 Å². The van der Waals surface area contributed by atoms with Crippen LogP contribution in [-0.4, -0.2) is 36.7 Å². The summed E-state index contributed by atoms with van der Waals surface area (Å²) in [7, 11) is 0. The predicted molar refractivity (Wildman–Crippen MR) is 74.8 cm³/mol. The van der Waals surface area contributed by atoms with Crippen molar-refractivity contribution >= 4 is 11.6 Å². The van der Waals surface area contributed by atoms with Crippen LogP contribution in [-0.2, 0) is 4.74 Å². The third-order valence-electron chi connectivity index (χ3n) is 3.43. The van der Waals surface area contributed by atoms with Gasteiger partial charge in [0.05, 0.1) is 18.2 Å². The van der Waals surface area contributed by atoms with Gasteiger partial charge in [-0.3, -0.25) is 4.90 Å². The number of morpholine rings is 1. The molecule has 0 aromatic heterocycles. The Balaban J connectivity index is 2.26. The van der Waals surface area contributed by atoms with Crippen LogP contribution in [0.25, 0.3) is 0 Å². The van der Waals surface area contributed by atoms with Gasteiger partial charge >= 0.3 is 0 Å². The van der Waals surface area contributed by atoms with Crippen LogP contribution in [0.5, 0.6) is 0 Å². The molecule has 5 heteroatoms. The van der Waals surface area contributed by atoms with Crippen molar-refractivity contribution in [2.24, 2.45) is 5.73 Å². The first-order valence-corrected chi connectivity index (χ1v) is 6.93. The maximum atomic E-state index is 14.0. The summed E-state index contributed by atoms with van der Waals surface area (Å²) in [6, 6.07) is 4.46. The molecule has 1 aromatic rings. The van der Waals surface area contributed by atoms with Crippen molar-refractivity contribution in [1.82, 2.24) is 4.90 Å². The molecule has 1 fully saturated rings. The maximum Gasteiger partial charge on any atom is 0.128 e. The van der Waals surface area contributed by atoms with Gasteiger partial charge in [-0.15, -0.1) is 0 Å². The first kappa shape index (κ1) is 14.7. The summed E-state index contributed by atoms with van der Waals surface area (Å²) in [5.41, 5.74) is 6.42. The minimum Gasteiger partial charge on any atom is -0.373 e. The van der Waals surface area contributed by atoms with Gasteiger partial charge in [-0.2, -0.15) is 0 Å². The van der Waals surface area contributed by atoms with Crippen LogP contribution in [0.2, 0.25) is 5.02 Å². The Bertz CT molecular complexity index is 433. The molecule has 0 aliphatic carbocycles.